The molecule has 0 saturated carbocycles. The van der Waals surface area contributed by atoms with Crippen molar-refractivity contribution >= 4 is 39.6 Å². The zero-order chi connectivity index (χ0) is 23.1. The van der Waals surface area contributed by atoms with Gasteiger partial charge in [-0.1, -0.05) is 17.7 Å². The number of aliphatic hydroxyl groups is 1. The smallest absolute Gasteiger partial charge is 0.417 e. The van der Waals surface area contributed by atoms with Crippen molar-refractivity contribution in [2.75, 3.05) is 20.2 Å². The highest BCUT2D eigenvalue weighted by Crippen LogP contribution is 2.40. The molecule has 2 heterocycles. The van der Waals surface area contributed by atoms with Gasteiger partial charge in [-0.25, -0.2) is 4.79 Å². The van der Waals surface area contributed by atoms with Crippen molar-refractivity contribution in [3.63, 3.8) is 0 Å². The summed E-state index contributed by atoms with van der Waals surface area (Å²) in [6.07, 6.45) is -4.10. The van der Waals surface area contributed by atoms with E-state index in [-0.39, 0.29) is 35.4 Å². The number of alkyl halides is 3. The minimum atomic E-state index is -4.59. The zero-order valence-corrected chi connectivity index (χ0v) is 20.1. The van der Waals surface area contributed by atoms with Crippen LogP contribution in [0.1, 0.15) is 29.5 Å². The maximum Gasteiger partial charge on any atom is 0.417 e. The summed E-state index contributed by atoms with van der Waals surface area (Å²) in [5, 5.41) is 11.4. The molecule has 1 saturated heterocycles. The second kappa shape index (κ2) is 9.66. The first-order valence-corrected chi connectivity index (χ1v) is 10.4. The van der Waals surface area contributed by atoms with Crippen LogP contribution in [0.3, 0.4) is 0 Å². The number of hydrogen-bond donors (Lipinski definition) is 1. The Hall–Kier alpha value is -2.07. The normalized spacial score (nSPS) is 16.4. The lowest BCUT2D eigenvalue weighted by Gasteiger charge is -2.39. The number of nitrogens with zero attached hydrogens (tertiary/aromatic N) is 1. The first kappa shape index (κ1) is 25.6. The van der Waals surface area contributed by atoms with Crippen LogP contribution in [-0.2, 0) is 18.3 Å². The molecule has 0 unspecified atom stereocenters. The summed E-state index contributed by atoms with van der Waals surface area (Å²) in [5.74, 6) is 0.571. The molecule has 1 aliphatic heterocycles. The predicted octanol–water partition coefficient (Wildman–Crippen LogP) is 5.54. The topological polar surface area (TPSA) is 62.9 Å². The average Bonchev–Trinajstić information content (AvgIpc) is 2.74. The fourth-order valence-electron chi connectivity index (χ4n) is 4.11. The Morgan fingerprint density at radius 1 is 1.15 bits per heavy atom. The van der Waals surface area contributed by atoms with Crippen molar-refractivity contribution in [2.45, 2.75) is 31.2 Å². The molecule has 3 aromatic rings. The van der Waals surface area contributed by atoms with Crippen molar-refractivity contribution in [3.8, 4) is 5.75 Å². The van der Waals surface area contributed by atoms with Crippen molar-refractivity contribution in [2.24, 2.45) is 0 Å². The van der Waals surface area contributed by atoms with Crippen LogP contribution in [-0.4, -0.2) is 30.2 Å². The van der Waals surface area contributed by atoms with E-state index in [1.165, 1.54) is 25.3 Å². The molecule has 33 heavy (non-hydrogen) atoms. The van der Waals surface area contributed by atoms with Gasteiger partial charge in [-0.05, 0) is 48.2 Å². The van der Waals surface area contributed by atoms with Gasteiger partial charge in [0.1, 0.15) is 11.3 Å². The van der Waals surface area contributed by atoms with Gasteiger partial charge in [0.05, 0.1) is 23.3 Å². The average molecular weight is 549 g/mol. The van der Waals surface area contributed by atoms with E-state index < -0.39 is 28.0 Å². The third kappa shape index (κ3) is 5.37. The summed E-state index contributed by atoms with van der Waals surface area (Å²) in [7, 11) is 1.52. The van der Waals surface area contributed by atoms with Crippen molar-refractivity contribution in [1.29, 1.82) is 0 Å². The maximum atomic E-state index is 13.2. The molecular formula is C23H22BrClF3NO4. The summed E-state index contributed by atoms with van der Waals surface area (Å²) in [5.41, 5.74) is -1.42. The number of rotatable bonds is 4. The van der Waals surface area contributed by atoms with E-state index >= 15 is 0 Å². The van der Waals surface area contributed by atoms with Crippen molar-refractivity contribution in [1.82, 2.24) is 4.90 Å². The maximum absolute atomic E-state index is 13.2. The minimum absolute atomic E-state index is 0. The highest BCUT2D eigenvalue weighted by molar-refractivity contribution is 8.93. The lowest BCUT2D eigenvalue weighted by Crippen LogP contribution is -2.42. The van der Waals surface area contributed by atoms with E-state index in [2.05, 4.69) is 0 Å². The molecule has 5 nitrogen and oxygen atoms in total. The molecule has 1 aliphatic rings. The molecule has 1 aromatic heterocycles. The lowest BCUT2D eigenvalue weighted by molar-refractivity contribution is -0.137. The third-order valence-electron chi connectivity index (χ3n) is 5.92. The number of methoxy groups -OCH3 is 1. The third-order valence-corrected chi connectivity index (χ3v) is 6.25. The summed E-state index contributed by atoms with van der Waals surface area (Å²) in [6.45, 7) is 1.33. The van der Waals surface area contributed by atoms with Crippen LogP contribution in [0, 0.1) is 0 Å². The fourth-order valence-corrected chi connectivity index (χ4v) is 4.34. The van der Waals surface area contributed by atoms with Gasteiger partial charge in [-0.15, -0.1) is 17.0 Å². The van der Waals surface area contributed by atoms with Gasteiger partial charge in [0.2, 0.25) is 0 Å². The number of likely N-dealkylation sites (tertiary alicyclic amines) is 1. The van der Waals surface area contributed by atoms with Crippen LogP contribution in [0.5, 0.6) is 5.75 Å². The van der Waals surface area contributed by atoms with Crippen molar-refractivity contribution in [3.05, 3.63) is 74.6 Å². The second-order valence-corrected chi connectivity index (χ2v) is 8.36. The summed E-state index contributed by atoms with van der Waals surface area (Å²) < 4.78 is 50.1. The summed E-state index contributed by atoms with van der Waals surface area (Å²) >= 11 is 5.71. The number of benzene rings is 2. The zero-order valence-electron chi connectivity index (χ0n) is 17.6. The van der Waals surface area contributed by atoms with E-state index in [1.807, 2.05) is 11.0 Å². The molecule has 178 valence electrons. The molecule has 0 radical (unpaired) electrons. The van der Waals surface area contributed by atoms with Crippen LogP contribution in [0.4, 0.5) is 13.2 Å². The van der Waals surface area contributed by atoms with Crippen LogP contribution in [0.2, 0.25) is 5.02 Å². The molecule has 4 rings (SSSR count). The van der Waals surface area contributed by atoms with E-state index in [0.717, 1.165) is 17.0 Å². The summed E-state index contributed by atoms with van der Waals surface area (Å²) in [4.78, 5) is 14.1. The van der Waals surface area contributed by atoms with E-state index in [0.29, 0.717) is 31.0 Å². The molecule has 2 aromatic carbocycles. The Bertz CT molecular complexity index is 1210. The number of halogens is 5. The first-order valence-electron chi connectivity index (χ1n) is 10.0. The SMILES string of the molecule is Br.COc1ccc2c(CN3CCC(O)(c4ccc(Cl)c(C(F)(F)F)c4)CC3)cc(=O)oc2c1. The monoisotopic (exact) mass is 547 g/mol. The number of hydrogen-bond acceptors (Lipinski definition) is 5. The molecule has 0 aliphatic carbocycles. The standard InChI is InChI=1S/C23H21ClF3NO4.BrH/c1-31-16-3-4-17-14(10-21(29)32-20(17)12-16)13-28-8-6-22(30,7-9-28)15-2-5-19(24)18(11-15)23(25,26)27;/h2-5,10-12,30H,6-9,13H2,1H3;1H. The number of ether oxygens (including phenoxy) is 1. The van der Waals surface area contributed by atoms with Gasteiger partial charge in [0, 0.05) is 37.2 Å². The van der Waals surface area contributed by atoms with Gasteiger partial charge >= 0.3 is 11.8 Å². The largest absolute Gasteiger partial charge is 0.497 e. The molecule has 1 N–H and O–H groups in total. The predicted molar refractivity (Wildman–Crippen MR) is 124 cm³/mol. The quantitative estimate of drug-likeness (QED) is 0.434. The molecule has 0 spiro atoms. The first-order chi connectivity index (χ1) is 15.1. The molecule has 1 fully saturated rings. The Kier molecular flexibility index (Phi) is 7.48. The van der Waals surface area contributed by atoms with Gasteiger partial charge in [0.15, 0.2) is 0 Å². The van der Waals surface area contributed by atoms with Crippen LogP contribution in [0.25, 0.3) is 11.0 Å². The number of piperidine rings is 1. The molecule has 0 amide bonds. The minimum Gasteiger partial charge on any atom is -0.497 e. The molecular weight excluding hydrogens is 527 g/mol. The Labute approximate surface area is 203 Å². The number of fused-ring (bicyclic) bond motifs is 1. The van der Waals surface area contributed by atoms with Gasteiger partial charge in [-0.3, -0.25) is 4.90 Å². The van der Waals surface area contributed by atoms with E-state index in [9.17, 15) is 23.1 Å². The van der Waals surface area contributed by atoms with Crippen LogP contribution in [0.15, 0.2) is 51.7 Å². The Morgan fingerprint density at radius 2 is 1.85 bits per heavy atom. The van der Waals surface area contributed by atoms with Gasteiger partial charge < -0.3 is 14.3 Å². The van der Waals surface area contributed by atoms with Gasteiger partial charge in [0.25, 0.3) is 0 Å². The Balaban J connectivity index is 0.00000306. The van der Waals surface area contributed by atoms with E-state index in [4.69, 9.17) is 20.8 Å². The molecule has 0 atom stereocenters. The fraction of sp³-hybridized carbons (Fsp3) is 0.348. The second-order valence-electron chi connectivity index (χ2n) is 7.95. The van der Waals surface area contributed by atoms with Crippen LogP contribution >= 0.6 is 28.6 Å². The van der Waals surface area contributed by atoms with Gasteiger partial charge in [-0.2, -0.15) is 13.2 Å². The highest BCUT2D eigenvalue weighted by Gasteiger charge is 2.38. The van der Waals surface area contributed by atoms with E-state index in [1.54, 1.807) is 12.1 Å². The molecule has 0 bridgehead atoms. The highest BCUT2D eigenvalue weighted by atomic mass is 79.9. The lowest BCUT2D eigenvalue weighted by atomic mass is 9.83. The summed E-state index contributed by atoms with van der Waals surface area (Å²) in [6, 6.07) is 10.2. The Morgan fingerprint density at radius 3 is 2.48 bits per heavy atom. The van der Waals surface area contributed by atoms with Crippen LogP contribution < -0.4 is 10.4 Å². The van der Waals surface area contributed by atoms with Crippen molar-refractivity contribution < 1.29 is 27.4 Å². The molecule has 10 heteroatoms.